The van der Waals surface area contributed by atoms with Gasteiger partial charge in [-0.2, -0.15) is 0 Å². The number of hydrogen-bond acceptors (Lipinski definition) is 4. The van der Waals surface area contributed by atoms with Gasteiger partial charge in [0.15, 0.2) is 11.5 Å². The molecule has 6 heteroatoms. The van der Waals surface area contributed by atoms with Gasteiger partial charge in [-0.1, -0.05) is 24.3 Å². The van der Waals surface area contributed by atoms with Crippen LogP contribution in [0.3, 0.4) is 0 Å². The number of hydrazine groups is 1. The molecule has 1 heterocycles. The van der Waals surface area contributed by atoms with Gasteiger partial charge in [-0.3, -0.25) is 15.0 Å². The van der Waals surface area contributed by atoms with Gasteiger partial charge in [-0.05, 0) is 42.8 Å². The lowest BCUT2D eigenvalue weighted by atomic mass is 10.1. The van der Waals surface area contributed by atoms with Gasteiger partial charge in [0.2, 0.25) is 0 Å². The summed E-state index contributed by atoms with van der Waals surface area (Å²) < 4.78 is 5.31. The topological polar surface area (TPSA) is 78.9 Å². The van der Waals surface area contributed by atoms with Crippen molar-refractivity contribution in [1.82, 2.24) is 5.43 Å². The molecule has 1 aliphatic heterocycles. The van der Waals surface area contributed by atoms with E-state index in [-0.39, 0.29) is 11.3 Å². The summed E-state index contributed by atoms with van der Waals surface area (Å²) in [6.07, 6.45) is 1.47. The van der Waals surface area contributed by atoms with E-state index in [1.165, 1.54) is 17.2 Å². The highest BCUT2D eigenvalue weighted by atomic mass is 16.5. The van der Waals surface area contributed by atoms with E-state index in [1.807, 2.05) is 6.07 Å². The highest BCUT2D eigenvalue weighted by molar-refractivity contribution is 6.31. The van der Waals surface area contributed by atoms with Crippen molar-refractivity contribution in [2.24, 2.45) is 0 Å². The Labute approximate surface area is 138 Å². The van der Waals surface area contributed by atoms with Crippen LogP contribution in [0.1, 0.15) is 12.5 Å². The number of carbonyl (C=O) groups is 2. The van der Waals surface area contributed by atoms with Crippen molar-refractivity contribution in [1.29, 1.82) is 0 Å². The molecular formula is C18H16N2O4. The molecule has 0 radical (unpaired) electrons. The Bertz CT molecular complexity index is 815. The van der Waals surface area contributed by atoms with Crippen molar-refractivity contribution >= 4 is 23.6 Å². The van der Waals surface area contributed by atoms with Crippen LogP contribution in [-0.4, -0.2) is 23.5 Å². The maximum atomic E-state index is 12.5. The van der Waals surface area contributed by atoms with E-state index in [1.54, 1.807) is 43.3 Å². The molecule has 2 aromatic carbocycles. The molecule has 2 aromatic rings. The molecule has 2 N–H and O–H groups in total. The van der Waals surface area contributed by atoms with E-state index < -0.39 is 11.8 Å². The fourth-order valence-corrected chi connectivity index (χ4v) is 2.37. The average Bonchev–Trinajstić information content (AvgIpc) is 2.87. The first-order chi connectivity index (χ1) is 11.6. The number of nitrogens with zero attached hydrogens (tertiary/aromatic N) is 1. The van der Waals surface area contributed by atoms with E-state index in [0.29, 0.717) is 23.6 Å². The van der Waals surface area contributed by atoms with Crippen LogP contribution in [0.25, 0.3) is 6.08 Å². The number of nitrogens with one attached hydrogen (secondary N) is 1. The predicted molar refractivity (Wildman–Crippen MR) is 89.3 cm³/mol. The Hall–Kier alpha value is -3.28. The number of benzene rings is 2. The third-order valence-electron chi connectivity index (χ3n) is 3.50. The van der Waals surface area contributed by atoms with E-state index >= 15 is 0 Å². The Morgan fingerprint density at radius 3 is 2.62 bits per heavy atom. The van der Waals surface area contributed by atoms with Crippen molar-refractivity contribution in [2.45, 2.75) is 6.92 Å². The molecule has 2 amide bonds. The molecule has 0 aromatic heterocycles. The number of phenolic OH excluding ortho intramolecular Hbond substituents is 1. The number of hydrogen-bond donors (Lipinski definition) is 2. The fraction of sp³-hybridized carbons (Fsp3) is 0.111. The summed E-state index contributed by atoms with van der Waals surface area (Å²) >= 11 is 0. The molecule has 0 aliphatic carbocycles. The maximum absolute atomic E-state index is 12.5. The number of amides is 2. The van der Waals surface area contributed by atoms with Crippen LogP contribution in [0.2, 0.25) is 0 Å². The first-order valence-electron chi connectivity index (χ1n) is 7.48. The highest BCUT2D eigenvalue weighted by Crippen LogP contribution is 2.28. The molecular weight excluding hydrogens is 308 g/mol. The van der Waals surface area contributed by atoms with Crippen LogP contribution >= 0.6 is 0 Å². The molecule has 6 nitrogen and oxygen atoms in total. The van der Waals surface area contributed by atoms with Crippen LogP contribution in [0.5, 0.6) is 11.5 Å². The Morgan fingerprint density at radius 1 is 1.17 bits per heavy atom. The van der Waals surface area contributed by atoms with Crippen molar-refractivity contribution < 1.29 is 19.4 Å². The molecule has 0 unspecified atom stereocenters. The van der Waals surface area contributed by atoms with Gasteiger partial charge in [0.05, 0.1) is 12.3 Å². The summed E-state index contributed by atoms with van der Waals surface area (Å²) in [5, 5.41) is 10.9. The minimum atomic E-state index is -0.477. The minimum absolute atomic E-state index is 0.00659. The summed E-state index contributed by atoms with van der Waals surface area (Å²) in [5.74, 6) is -0.600. The minimum Gasteiger partial charge on any atom is -0.504 e. The van der Waals surface area contributed by atoms with Gasteiger partial charge in [0.1, 0.15) is 5.57 Å². The van der Waals surface area contributed by atoms with Crippen LogP contribution in [-0.2, 0) is 9.59 Å². The van der Waals surface area contributed by atoms with Crippen molar-refractivity contribution in [3.8, 4) is 11.5 Å². The van der Waals surface area contributed by atoms with Crippen LogP contribution in [0.4, 0.5) is 5.69 Å². The zero-order valence-corrected chi connectivity index (χ0v) is 13.0. The van der Waals surface area contributed by atoms with Gasteiger partial charge in [0.25, 0.3) is 11.8 Å². The molecule has 1 saturated heterocycles. The Kier molecular flexibility index (Phi) is 4.20. The Morgan fingerprint density at radius 2 is 1.92 bits per heavy atom. The lowest BCUT2D eigenvalue weighted by Crippen LogP contribution is -2.35. The second-order valence-electron chi connectivity index (χ2n) is 5.14. The number of aromatic hydroxyl groups is 1. The normalized spacial score (nSPS) is 15.7. The largest absolute Gasteiger partial charge is 0.504 e. The predicted octanol–water partition coefficient (Wildman–Crippen LogP) is 2.25. The molecule has 0 bridgehead atoms. The van der Waals surface area contributed by atoms with Crippen molar-refractivity contribution in [2.75, 3.05) is 11.6 Å². The average molecular weight is 324 g/mol. The van der Waals surface area contributed by atoms with Gasteiger partial charge >= 0.3 is 0 Å². The first kappa shape index (κ1) is 15.6. The zero-order chi connectivity index (χ0) is 17.1. The summed E-state index contributed by atoms with van der Waals surface area (Å²) in [4.78, 5) is 24.6. The second kappa shape index (κ2) is 6.45. The number of anilines is 1. The monoisotopic (exact) mass is 324 g/mol. The van der Waals surface area contributed by atoms with Crippen molar-refractivity contribution in [3.05, 3.63) is 59.7 Å². The molecule has 0 spiro atoms. The number of carbonyl (C=O) groups excluding carboxylic acids is 2. The molecule has 24 heavy (non-hydrogen) atoms. The summed E-state index contributed by atoms with van der Waals surface area (Å²) in [6, 6.07) is 13.5. The van der Waals surface area contributed by atoms with Crippen LogP contribution in [0.15, 0.2) is 54.1 Å². The van der Waals surface area contributed by atoms with E-state index in [0.717, 1.165) is 0 Å². The maximum Gasteiger partial charge on any atom is 0.282 e. The smallest absolute Gasteiger partial charge is 0.282 e. The SMILES string of the molecule is CCOc1cc(/C=C2/C(=O)NN(c3ccccc3)C2=O)ccc1O. The van der Waals surface area contributed by atoms with Crippen LogP contribution < -0.4 is 15.2 Å². The third-order valence-corrected chi connectivity index (χ3v) is 3.50. The van der Waals surface area contributed by atoms with Gasteiger partial charge in [-0.25, -0.2) is 5.01 Å². The zero-order valence-electron chi connectivity index (χ0n) is 13.0. The summed E-state index contributed by atoms with van der Waals surface area (Å²) in [5.41, 5.74) is 3.73. The standard InChI is InChI=1S/C18H16N2O4/c1-2-24-16-11-12(8-9-15(16)21)10-14-17(22)19-20(18(14)23)13-6-4-3-5-7-13/h3-11,21H,2H2,1H3,(H,19,22)/b14-10-. The quantitative estimate of drug-likeness (QED) is 0.668. The third kappa shape index (κ3) is 2.94. The van der Waals surface area contributed by atoms with E-state index in [9.17, 15) is 14.7 Å². The number of para-hydroxylation sites is 1. The molecule has 1 aliphatic rings. The molecule has 0 saturated carbocycles. The molecule has 3 rings (SSSR count). The van der Waals surface area contributed by atoms with Crippen molar-refractivity contribution in [3.63, 3.8) is 0 Å². The van der Waals surface area contributed by atoms with Gasteiger partial charge in [0, 0.05) is 0 Å². The lowest BCUT2D eigenvalue weighted by Gasteiger charge is -2.13. The second-order valence-corrected chi connectivity index (χ2v) is 5.14. The lowest BCUT2D eigenvalue weighted by molar-refractivity contribution is -0.117. The number of phenols is 1. The fourth-order valence-electron chi connectivity index (χ4n) is 2.37. The Balaban J connectivity index is 1.92. The number of ether oxygens (including phenoxy) is 1. The van der Waals surface area contributed by atoms with Gasteiger partial charge < -0.3 is 9.84 Å². The molecule has 122 valence electrons. The number of rotatable bonds is 4. The summed E-state index contributed by atoms with van der Waals surface area (Å²) in [6.45, 7) is 2.20. The molecule has 1 fully saturated rings. The molecule has 0 atom stereocenters. The van der Waals surface area contributed by atoms with Crippen LogP contribution in [0, 0.1) is 0 Å². The van der Waals surface area contributed by atoms with E-state index in [2.05, 4.69) is 5.43 Å². The summed E-state index contributed by atoms with van der Waals surface area (Å²) in [7, 11) is 0. The van der Waals surface area contributed by atoms with E-state index in [4.69, 9.17) is 4.74 Å². The first-order valence-corrected chi connectivity index (χ1v) is 7.48. The highest BCUT2D eigenvalue weighted by Gasteiger charge is 2.34. The van der Waals surface area contributed by atoms with Gasteiger partial charge in [-0.15, -0.1) is 0 Å².